The van der Waals surface area contributed by atoms with E-state index in [1.54, 1.807) is 0 Å². The molecule has 0 aromatic carbocycles. The summed E-state index contributed by atoms with van der Waals surface area (Å²) in [6.45, 7) is 0. The Hall–Kier alpha value is -0.140. The molecule has 0 N–H and O–H groups in total. The van der Waals surface area contributed by atoms with Gasteiger partial charge < -0.3 is 0 Å². The van der Waals surface area contributed by atoms with Crippen LogP contribution in [0.3, 0.4) is 0 Å². The zero-order chi connectivity index (χ0) is 8.29. The molecule has 2 heteroatoms. The smallest absolute Gasteiger partial charge is 0.109 e. The molecule has 4 fully saturated rings. The Bertz CT molecular complexity index is 186. The number of hydrogen-bond donors (Lipinski definition) is 0. The van der Waals surface area contributed by atoms with Crippen LogP contribution < -0.4 is 0 Å². The van der Waals surface area contributed by atoms with Crippen molar-refractivity contribution in [3.63, 3.8) is 0 Å². The molecule has 0 amide bonds. The van der Waals surface area contributed by atoms with E-state index in [9.17, 15) is 8.78 Å². The highest BCUT2D eigenvalue weighted by atomic mass is 19.1. The van der Waals surface area contributed by atoms with Crippen LogP contribution in [0.1, 0.15) is 25.7 Å². The third kappa shape index (κ3) is 0.763. The molecule has 4 saturated carbocycles. The second-order valence-electron chi connectivity index (χ2n) is 4.88. The first-order valence-corrected chi connectivity index (χ1v) is 5.04. The standard InChI is InChI=1S/C10H14F2/c11-9-6-1-5-2-7(4-6)10(12)8(9)3-5/h5-10H,1-4H2/t5?,6?,7?,8?,9-,10-/m1/s1. The van der Waals surface area contributed by atoms with Crippen LogP contribution in [0.4, 0.5) is 8.78 Å². The molecule has 12 heavy (non-hydrogen) atoms. The third-order valence-electron chi connectivity index (χ3n) is 4.20. The van der Waals surface area contributed by atoms with Crippen LogP contribution in [0.2, 0.25) is 0 Å². The molecule has 4 bridgehead atoms. The highest BCUT2D eigenvalue weighted by Crippen LogP contribution is 2.55. The van der Waals surface area contributed by atoms with E-state index in [0.717, 1.165) is 25.7 Å². The van der Waals surface area contributed by atoms with Gasteiger partial charge >= 0.3 is 0 Å². The minimum atomic E-state index is -0.812. The molecule has 4 aliphatic rings. The van der Waals surface area contributed by atoms with Gasteiger partial charge in [0.05, 0.1) is 0 Å². The van der Waals surface area contributed by atoms with E-state index >= 15 is 0 Å². The highest BCUT2D eigenvalue weighted by molar-refractivity contribution is 5.03. The molecule has 4 rings (SSSR count). The van der Waals surface area contributed by atoms with E-state index < -0.39 is 12.3 Å². The van der Waals surface area contributed by atoms with Gasteiger partial charge in [-0.2, -0.15) is 0 Å². The lowest BCUT2D eigenvalue weighted by Gasteiger charge is -2.53. The molecular weight excluding hydrogens is 158 g/mol. The van der Waals surface area contributed by atoms with Crippen molar-refractivity contribution in [3.8, 4) is 0 Å². The SMILES string of the molecule is F[C@@H]1C2CC3CC(C2)[C@@H](F)C1C3. The van der Waals surface area contributed by atoms with Crippen molar-refractivity contribution >= 4 is 0 Å². The van der Waals surface area contributed by atoms with E-state index in [0.29, 0.717) is 5.92 Å². The molecule has 0 aromatic rings. The van der Waals surface area contributed by atoms with Crippen molar-refractivity contribution in [2.75, 3.05) is 0 Å². The summed E-state index contributed by atoms with van der Waals surface area (Å²) < 4.78 is 27.0. The van der Waals surface area contributed by atoms with Gasteiger partial charge in [-0.1, -0.05) is 0 Å². The maximum atomic E-state index is 13.5. The van der Waals surface area contributed by atoms with E-state index in [4.69, 9.17) is 0 Å². The van der Waals surface area contributed by atoms with Crippen LogP contribution in [0.25, 0.3) is 0 Å². The molecule has 0 aromatic heterocycles. The average molecular weight is 172 g/mol. The molecule has 0 aliphatic heterocycles. The summed E-state index contributed by atoms with van der Waals surface area (Å²) in [5.74, 6) is 0.887. The van der Waals surface area contributed by atoms with Crippen molar-refractivity contribution in [2.45, 2.75) is 38.0 Å². The van der Waals surface area contributed by atoms with Crippen molar-refractivity contribution in [2.24, 2.45) is 23.7 Å². The number of hydrogen-bond acceptors (Lipinski definition) is 0. The fraction of sp³-hybridized carbons (Fsp3) is 1.00. The number of halogens is 2. The minimum absolute atomic E-state index is 0.221. The number of alkyl halides is 2. The zero-order valence-corrected chi connectivity index (χ0v) is 7.05. The first-order chi connectivity index (χ1) is 5.75. The lowest BCUT2D eigenvalue weighted by molar-refractivity contribution is -0.106. The largest absolute Gasteiger partial charge is 0.247 e. The molecule has 68 valence electrons. The van der Waals surface area contributed by atoms with Crippen LogP contribution in [-0.4, -0.2) is 12.3 Å². The molecule has 0 radical (unpaired) electrons. The molecule has 0 heterocycles. The van der Waals surface area contributed by atoms with Crippen molar-refractivity contribution in [1.82, 2.24) is 0 Å². The predicted molar refractivity (Wildman–Crippen MR) is 42.2 cm³/mol. The van der Waals surface area contributed by atoms with E-state index in [2.05, 4.69) is 0 Å². The van der Waals surface area contributed by atoms with Gasteiger partial charge in [-0.25, -0.2) is 8.78 Å². The topological polar surface area (TPSA) is 0 Å². The number of rotatable bonds is 0. The monoisotopic (exact) mass is 172 g/mol. The van der Waals surface area contributed by atoms with Gasteiger partial charge in [0, 0.05) is 5.92 Å². The summed E-state index contributed by atoms with van der Waals surface area (Å²) in [7, 11) is 0. The lowest BCUT2D eigenvalue weighted by atomic mass is 9.54. The minimum Gasteiger partial charge on any atom is -0.247 e. The van der Waals surface area contributed by atoms with E-state index in [1.165, 1.54) is 0 Å². The quantitative estimate of drug-likeness (QED) is 0.527. The Morgan fingerprint density at radius 1 is 0.750 bits per heavy atom. The Balaban J connectivity index is 1.93. The third-order valence-corrected chi connectivity index (χ3v) is 4.20. The summed E-state index contributed by atoms with van der Waals surface area (Å²) >= 11 is 0. The maximum Gasteiger partial charge on any atom is 0.109 e. The first kappa shape index (κ1) is 7.28. The van der Waals surface area contributed by atoms with E-state index in [1.807, 2.05) is 0 Å². The second kappa shape index (κ2) is 2.21. The van der Waals surface area contributed by atoms with Gasteiger partial charge in [0.2, 0.25) is 0 Å². The van der Waals surface area contributed by atoms with Crippen LogP contribution in [0, 0.1) is 23.7 Å². The van der Waals surface area contributed by atoms with Crippen LogP contribution in [0.5, 0.6) is 0 Å². The second-order valence-corrected chi connectivity index (χ2v) is 4.88. The highest BCUT2D eigenvalue weighted by Gasteiger charge is 2.54. The predicted octanol–water partition coefficient (Wildman–Crippen LogP) is 2.73. The lowest BCUT2D eigenvalue weighted by Crippen LogP contribution is -2.53. The van der Waals surface area contributed by atoms with Gasteiger partial charge in [-0.15, -0.1) is 0 Å². The molecular formula is C10H14F2. The van der Waals surface area contributed by atoms with Crippen molar-refractivity contribution in [1.29, 1.82) is 0 Å². The van der Waals surface area contributed by atoms with Gasteiger partial charge in [-0.3, -0.25) is 0 Å². The molecule has 2 unspecified atom stereocenters. The Kier molecular flexibility index (Phi) is 1.34. The average Bonchev–Trinajstić information content (AvgIpc) is 2.07. The molecule has 4 atom stereocenters. The summed E-state index contributed by atoms with van der Waals surface area (Å²) in [6, 6.07) is 0. The van der Waals surface area contributed by atoms with Gasteiger partial charge in [0.1, 0.15) is 12.3 Å². The Morgan fingerprint density at radius 2 is 1.33 bits per heavy atom. The molecule has 0 nitrogen and oxygen atoms in total. The summed E-state index contributed by atoms with van der Waals surface area (Å²) in [5, 5.41) is 0. The Labute approximate surface area is 71.3 Å². The van der Waals surface area contributed by atoms with Crippen molar-refractivity contribution < 1.29 is 8.78 Å². The summed E-state index contributed by atoms with van der Waals surface area (Å²) in [5.41, 5.74) is 0. The first-order valence-electron chi connectivity index (χ1n) is 5.04. The Morgan fingerprint density at radius 3 is 1.92 bits per heavy atom. The fourth-order valence-corrected chi connectivity index (χ4v) is 3.77. The van der Waals surface area contributed by atoms with E-state index in [-0.39, 0.29) is 17.8 Å². The molecule has 0 saturated heterocycles. The normalized spacial score (nSPS) is 62.5. The summed E-state index contributed by atoms with van der Waals surface area (Å²) in [4.78, 5) is 0. The van der Waals surface area contributed by atoms with Gasteiger partial charge in [0.15, 0.2) is 0 Å². The van der Waals surface area contributed by atoms with Crippen LogP contribution in [-0.2, 0) is 0 Å². The molecule has 4 aliphatic carbocycles. The molecule has 0 spiro atoms. The van der Waals surface area contributed by atoms with Gasteiger partial charge in [-0.05, 0) is 43.4 Å². The van der Waals surface area contributed by atoms with Crippen LogP contribution >= 0.6 is 0 Å². The van der Waals surface area contributed by atoms with Gasteiger partial charge in [0.25, 0.3) is 0 Å². The maximum absolute atomic E-state index is 13.5. The van der Waals surface area contributed by atoms with Crippen LogP contribution in [0.15, 0.2) is 0 Å². The zero-order valence-electron chi connectivity index (χ0n) is 7.05. The van der Waals surface area contributed by atoms with Crippen molar-refractivity contribution in [3.05, 3.63) is 0 Å². The fourth-order valence-electron chi connectivity index (χ4n) is 3.77. The summed E-state index contributed by atoms with van der Waals surface area (Å²) in [6.07, 6.45) is 2.12.